The Morgan fingerprint density at radius 2 is 1.53 bits per heavy atom. The third kappa shape index (κ3) is 3.20. The molecule has 0 aliphatic rings. The molecule has 2 heterocycles. The highest BCUT2D eigenvalue weighted by molar-refractivity contribution is 6.34. The molecule has 0 saturated heterocycles. The molecule has 0 aliphatic heterocycles. The molecule has 0 aliphatic carbocycles. The number of halogens is 2. The van der Waals surface area contributed by atoms with Gasteiger partial charge in [0.15, 0.2) is 0 Å². The number of carbonyl (C=O) groups is 1. The molecule has 4 nitrogen and oxygen atoms in total. The van der Waals surface area contributed by atoms with Crippen LogP contribution in [0.5, 0.6) is 0 Å². The maximum absolute atomic E-state index is 13.1. The number of nitrogens with zero attached hydrogens (tertiary/aromatic N) is 1. The van der Waals surface area contributed by atoms with E-state index in [4.69, 9.17) is 23.2 Å². The summed E-state index contributed by atoms with van der Waals surface area (Å²) in [4.78, 5) is 21.2. The van der Waals surface area contributed by atoms with Gasteiger partial charge in [-0.05, 0) is 30.3 Å². The summed E-state index contributed by atoms with van der Waals surface area (Å²) >= 11 is 12.7. The minimum Gasteiger partial charge on any atom is -0.353 e. The lowest BCUT2D eigenvalue weighted by Gasteiger charge is -2.10. The molecule has 0 saturated carbocycles. The number of hydrogen-bond donors (Lipinski definition) is 2. The highest BCUT2D eigenvalue weighted by Gasteiger charge is 2.18. The van der Waals surface area contributed by atoms with Crippen LogP contribution in [0.2, 0.25) is 10.0 Å². The summed E-state index contributed by atoms with van der Waals surface area (Å²) < 4.78 is 0. The number of aromatic nitrogens is 2. The molecule has 1 amide bonds. The van der Waals surface area contributed by atoms with Crippen molar-refractivity contribution >= 4 is 56.6 Å². The second-order valence-corrected chi connectivity index (χ2v) is 7.68. The van der Waals surface area contributed by atoms with Gasteiger partial charge in [-0.25, -0.2) is 4.98 Å². The molecule has 0 unspecified atom stereocenters. The summed E-state index contributed by atoms with van der Waals surface area (Å²) in [5, 5.41) is 5.79. The average Bonchev–Trinajstić information content (AvgIpc) is 3.14. The molecule has 146 valence electrons. The van der Waals surface area contributed by atoms with Crippen LogP contribution in [-0.2, 0) is 0 Å². The van der Waals surface area contributed by atoms with E-state index in [1.165, 1.54) is 0 Å². The van der Waals surface area contributed by atoms with Crippen molar-refractivity contribution in [2.75, 3.05) is 5.32 Å². The fourth-order valence-corrected chi connectivity index (χ4v) is 3.97. The third-order valence-electron chi connectivity index (χ3n) is 4.98. The predicted molar refractivity (Wildman–Crippen MR) is 123 cm³/mol. The molecule has 6 heteroatoms. The number of anilines is 1. The Labute approximate surface area is 182 Å². The largest absolute Gasteiger partial charge is 0.353 e. The third-order valence-corrected chi connectivity index (χ3v) is 5.64. The van der Waals surface area contributed by atoms with Gasteiger partial charge in [0.25, 0.3) is 5.91 Å². The van der Waals surface area contributed by atoms with E-state index in [0.717, 1.165) is 27.4 Å². The maximum atomic E-state index is 13.1. The average molecular weight is 432 g/mol. The van der Waals surface area contributed by atoms with E-state index >= 15 is 0 Å². The Balaban J connectivity index is 1.73. The topological polar surface area (TPSA) is 57.8 Å². The molecule has 0 spiro atoms. The quantitative estimate of drug-likeness (QED) is 0.324. The number of amides is 1. The first-order valence-corrected chi connectivity index (χ1v) is 10.1. The number of benzene rings is 3. The molecular weight excluding hydrogens is 417 g/mol. The number of rotatable bonds is 3. The van der Waals surface area contributed by atoms with Crippen LogP contribution in [-0.4, -0.2) is 15.9 Å². The second kappa shape index (κ2) is 7.48. The van der Waals surface area contributed by atoms with Crippen LogP contribution in [0.3, 0.4) is 0 Å². The molecule has 3 aromatic carbocycles. The van der Waals surface area contributed by atoms with Gasteiger partial charge in [-0.3, -0.25) is 4.79 Å². The molecule has 0 fully saturated rings. The Hall–Kier alpha value is -3.34. The summed E-state index contributed by atoms with van der Waals surface area (Å²) in [5.41, 5.74) is 3.98. The molecule has 5 aromatic rings. The lowest BCUT2D eigenvalue weighted by Crippen LogP contribution is -2.14. The van der Waals surface area contributed by atoms with E-state index in [0.29, 0.717) is 21.4 Å². The molecular formula is C24H15Cl2N3O. The van der Waals surface area contributed by atoms with Crippen LogP contribution in [0.4, 0.5) is 5.69 Å². The van der Waals surface area contributed by atoms with Crippen LogP contribution in [0.1, 0.15) is 10.5 Å². The van der Waals surface area contributed by atoms with Gasteiger partial charge in [-0.15, -0.1) is 0 Å². The van der Waals surface area contributed by atoms with Crippen molar-refractivity contribution in [1.29, 1.82) is 0 Å². The van der Waals surface area contributed by atoms with Crippen molar-refractivity contribution in [1.82, 2.24) is 9.97 Å². The Morgan fingerprint density at radius 3 is 2.33 bits per heavy atom. The standard InChI is InChI=1S/C24H15Cl2N3O/c25-17-9-3-1-8-15(17)22-23-16(14-7-2-5-11-19(14)27-23)13-21(28-22)24(30)29-20-12-6-4-10-18(20)26/h1-13,27H,(H,29,30). The second-order valence-electron chi connectivity index (χ2n) is 6.86. The summed E-state index contributed by atoms with van der Waals surface area (Å²) in [7, 11) is 0. The van der Waals surface area contributed by atoms with E-state index in [2.05, 4.69) is 15.3 Å². The lowest BCUT2D eigenvalue weighted by molar-refractivity contribution is 0.102. The van der Waals surface area contributed by atoms with Crippen molar-refractivity contribution in [2.24, 2.45) is 0 Å². The molecule has 0 radical (unpaired) electrons. The number of pyridine rings is 1. The first-order chi connectivity index (χ1) is 14.6. The monoisotopic (exact) mass is 431 g/mol. The Bertz CT molecular complexity index is 1420. The van der Waals surface area contributed by atoms with E-state index in [1.807, 2.05) is 60.7 Å². The summed E-state index contributed by atoms with van der Waals surface area (Å²) in [6.07, 6.45) is 0. The molecule has 2 N–H and O–H groups in total. The van der Waals surface area contributed by atoms with Gasteiger partial charge in [0.05, 0.1) is 26.9 Å². The van der Waals surface area contributed by atoms with Crippen molar-refractivity contribution in [3.05, 3.63) is 94.6 Å². The van der Waals surface area contributed by atoms with Crippen LogP contribution < -0.4 is 5.32 Å². The number of fused-ring (bicyclic) bond motifs is 3. The van der Waals surface area contributed by atoms with Crippen LogP contribution in [0.15, 0.2) is 78.9 Å². The van der Waals surface area contributed by atoms with Crippen LogP contribution in [0.25, 0.3) is 33.1 Å². The zero-order valence-electron chi connectivity index (χ0n) is 15.6. The molecule has 2 aromatic heterocycles. The summed E-state index contributed by atoms with van der Waals surface area (Å²) in [6.45, 7) is 0. The van der Waals surface area contributed by atoms with E-state index in [-0.39, 0.29) is 11.6 Å². The van der Waals surface area contributed by atoms with Gasteiger partial charge < -0.3 is 10.3 Å². The minimum atomic E-state index is -0.344. The Morgan fingerprint density at radius 1 is 0.833 bits per heavy atom. The first-order valence-electron chi connectivity index (χ1n) is 9.34. The van der Waals surface area contributed by atoms with E-state index in [1.54, 1.807) is 18.2 Å². The zero-order chi connectivity index (χ0) is 20.7. The summed E-state index contributed by atoms with van der Waals surface area (Å²) in [6, 6.07) is 24.3. The van der Waals surface area contributed by atoms with Crippen molar-refractivity contribution in [3.63, 3.8) is 0 Å². The van der Waals surface area contributed by atoms with Crippen molar-refractivity contribution in [2.45, 2.75) is 0 Å². The van der Waals surface area contributed by atoms with Gasteiger partial charge in [-0.1, -0.05) is 71.7 Å². The predicted octanol–water partition coefficient (Wildman–Crippen LogP) is 6.94. The van der Waals surface area contributed by atoms with Gasteiger partial charge in [0, 0.05) is 21.9 Å². The number of aromatic amines is 1. The molecule has 30 heavy (non-hydrogen) atoms. The zero-order valence-corrected chi connectivity index (χ0v) is 17.1. The van der Waals surface area contributed by atoms with Gasteiger partial charge in [0.1, 0.15) is 5.69 Å². The molecule has 5 rings (SSSR count). The van der Waals surface area contributed by atoms with Gasteiger partial charge >= 0.3 is 0 Å². The lowest BCUT2D eigenvalue weighted by atomic mass is 10.1. The van der Waals surface area contributed by atoms with E-state index < -0.39 is 0 Å². The molecule has 0 bridgehead atoms. The Kier molecular flexibility index (Phi) is 4.66. The van der Waals surface area contributed by atoms with Gasteiger partial charge in [-0.2, -0.15) is 0 Å². The number of H-pyrrole nitrogens is 1. The number of hydrogen-bond acceptors (Lipinski definition) is 2. The highest BCUT2D eigenvalue weighted by Crippen LogP contribution is 2.35. The summed E-state index contributed by atoms with van der Waals surface area (Å²) in [5.74, 6) is -0.344. The normalized spacial score (nSPS) is 11.1. The maximum Gasteiger partial charge on any atom is 0.274 e. The smallest absolute Gasteiger partial charge is 0.274 e. The highest BCUT2D eigenvalue weighted by atomic mass is 35.5. The van der Waals surface area contributed by atoms with Crippen molar-refractivity contribution in [3.8, 4) is 11.3 Å². The van der Waals surface area contributed by atoms with E-state index in [9.17, 15) is 4.79 Å². The molecule has 0 atom stereocenters. The first kappa shape index (κ1) is 18.7. The number of carbonyl (C=O) groups excluding carboxylic acids is 1. The fraction of sp³-hybridized carbons (Fsp3) is 0. The van der Waals surface area contributed by atoms with Crippen LogP contribution in [0, 0.1) is 0 Å². The SMILES string of the molecule is O=C(Nc1ccccc1Cl)c1cc2c([nH]c3ccccc32)c(-c2ccccc2Cl)n1. The minimum absolute atomic E-state index is 0.280. The number of para-hydroxylation sites is 2. The fourth-order valence-electron chi connectivity index (χ4n) is 3.56. The van der Waals surface area contributed by atoms with Gasteiger partial charge in [0.2, 0.25) is 0 Å². The van der Waals surface area contributed by atoms with Crippen LogP contribution >= 0.6 is 23.2 Å². The number of nitrogens with one attached hydrogen (secondary N) is 2. The van der Waals surface area contributed by atoms with Crippen molar-refractivity contribution < 1.29 is 4.79 Å².